The largest absolute Gasteiger partial charge is 0.476 e. The van der Waals surface area contributed by atoms with Gasteiger partial charge < -0.3 is 14.3 Å². The van der Waals surface area contributed by atoms with Gasteiger partial charge in [-0.25, -0.2) is 14.9 Å². The highest BCUT2D eigenvalue weighted by Crippen LogP contribution is 2.14. The summed E-state index contributed by atoms with van der Waals surface area (Å²) in [6.07, 6.45) is -0.771. The third-order valence-electron chi connectivity index (χ3n) is 2.42. The van der Waals surface area contributed by atoms with E-state index in [1.807, 2.05) is 30.3 Å². The Labute approximate surface area is 114 Å². The van der Waals surface area contributed by atoms with Gasteiger partial charge >= 0.3 is 18.1 Å². The van der Waals surface area contributed by atoms with Gasteiger partial charge in [0.1, 0.15) is 12.4 Å². The number of aromatic carboxylic acids is 1. The van der Waals surface area contributed by atoms with Gasteiger partial charge in [0.05, 0.1) is 0 Å². The molecule has 0 fully saturated rings. The summed E-state index contributed by atoms with van der Waals surface area (Å²) in [6.45, 7) is 1.54. The molecule has 1 amide bonds. The zero-order chi connectivity index (χ0) is 14.5. The van der Waals surface area contributed by atoms with Crippen LogP contribution in [0.1, 0.15) is 21.8 Å². The molecule has 1 aromatic carbocycles. The fourth-order valence-electron chi connectivity index (χ4n) is 1.49. The highest BCUT2D eigenvalue weighted by molar-refractivity contribution is 5.88. The number of rotatable bonds is 4. The van der Waals surface area contributed by atoms with E-state index in [4.69, 9.17) is 14.3 Å². The first-order valence-corrected chi connectivity index (χ1v) is 5.74. The molecule has 0 atom stereocenters. The second-order valence-electron chi connectivity index (χ2n) is 3.92. The molecule has 0 aliphatic rings. The van der Waals surface area contributed by atoms with E-state index in [9.17, 15) is 9.59 Å². The van der Waals surface area contributed by atoms with Crippen LogP contribution in [0, 0.1) is 6.92 Å². The molecule has 1 heterocycles. The Kier molecular flexibility index (Phi) is 3.99. The lowest BCUT2D eigenvalue weighted by Gasteiger charge is -2.03. The van der Waals surface area contributed by atoms with Crippen LogP contribution in [0.4, 0.5) is 10.8 Å². The number of carbonyl (C=O) groups is 2. The zero-order valence-corrected chi connectivity index (χ0v) is 10.6. The highest BCUT2D eigenvalue weighted by Gasteiger charge is 2.17. The van der Waals surface area contributed by atoms with Crippen molar-refractivity contribution in [2.24, 2.45) is 0 Å². The van der Waals surface area contributed by atoms with Crippen LogP contribution in [-0.4, -0.2) is 22.2 Å². The first kappa shape index (κ1) is 13.6. The van der Waals surface area contributed by atoms with Crippen LogP contribution in [0.15, 0.2) is 34.7 Å². The van der Waals surface area contributed by atoms with Gasteiger partial charge in [-0.15, -0.1) is 0 Å². The van der Waals surface area contributed by atoms with E-state index in [0.717, 1.165) is 5.56 Å². The summed E-state index contributed by atoms with van der Waals surface area (Å²) in [7, 11) is 0. The molecule has 0 unspecified atom stereocenters. The number of carbonyl (C=O) groups excluding carboxylic acids is 1. The van der Waals surface area contributed by atoms with E-state index in [-0.39, 0.29) is 24.1 Å². The Morgan fingerprint density at radius 2 is 2.05 bits per heavy atom. The van der Waals surface area contributed by atoms with Crippen molar-refractivity contribution in [1.82, 2.24) is 4.98 Å². The smallest absolute Gasteiger partial charge is 0.415 e. The number of nitrogens with one attached hydrogen (secondary N) is 1. The molecule has 0 saturated carbocycles. The normalized spacial score (nSPS) is 10.1. The van der Waals surface area contributed by atoms with Crippen molar-refractivity contribution < 1.29 is 23.8 Å². The number of anilines is 1. The molecule has 2 aromatic rings. The lowest BCUT2D eigenvalue weighted by Crippen LogP contribution is -2.14. The molecule has 0 spiro atoms. The lowest BCUT2D eigenvalue weighted by atomic mass is 10.2. The number of oxazole rings is 1. The van der Waals surface area contributed by atoms with Gasteiger partial charge in [-0.05, 0) is 12.5 Å². The number of benzene rings is 1. The molecule has 0 radical (unpaired) electrons. The maximum atomic E-state index is 11.5. The standard InChI is InChI=1S/C13H12N2O5/c1-8-10(11(16)17)14-12(20-8)15-13(18)19-7-9-5-3-2-4-6-9/h2-6H,7H2,1H3,(H,16,17)(H,14,15,18). The summed E-state index contributed by atoms with van der Waals surface area (Å²) in [6, 6.07) is 8.92. The Morgan fingerprint density at radius 3 is 2.65 bits per heavy atom. The predicted octanol–water partition coefficient (Wildman–Crippen LogP) is 2.43. The van der Waals surface area contributed by atoms with Crippen molar-refractivity contribution in [3.8, 4) is 0 Å². The van der Waals surface area contributed by atoms with Crippen molar-refractivity contribution in [2.75, 3.05) is 5.32 Å². The first-order chi connectivity index (χ1) is 9.56. The number of aromatic nitrogens is 1. The molecule has 2 N–H and O–H groups in total. The lowest BCUT2D eigenvalue weighted by molar-refractivity contribution is 0.0689. The average molecular weight is 276 g/mol. The first-order valence-electron chi connectivity index (χ1n) is 5.74. The monoisotopic (exact) mass is 276 g/mol. The average Bonchev–Trinajstić information content (AvgIpc) is 2.78. The van der Waals surface area contributed by atoms with E-state index < -0.39 is 12.1 Å². The maximum absolute atomic E-state index is 11.5. The fraction of sp³-hybridized carbons (Fsp3) is 0.154. The van der Waals surface area contributed by atoms with Crippen molar-refractivity contribution in [2.45, 2.75) is 13.5 Å². The number of aryl methyl sites for hydroxylation is 1. The van der Waals surface area contributed by atoms with Crippen molar-refractivity contribution in [1.29, 1.82) is 0 Å². The van der Waals surface area contributed by atoms with Crippen LogP contribution < -0.4 is 5.32 Å². The summed E-state index contributed by atoms with van der Waals surface area (Å²) >= 11 is 0. The second kappa shape index (κ2) is 5.87. The second-order valence-corrected chi connectivity index (χ2v) is 3.92. The topological polar surface area (TPSA) is 102 Å². The van der Waals surface area contributed by atoms with E-state index in [1.165, 1.54) is 6.92 Å². The van der Waals surface area contributed by atoms with Crippen LogP contribution in [0.5, 0.6) is 0 Å². The molecular weight excluding hydrogens is 264 g/mol. The number of carboxylic acids is 1. The number of hydrogen-bond acceptors (Lipinski definition) is 5. The maximum Gasteiger partial charge on any atom is 0.415 e. The minimum atomic E-state index is -1.23. The Bertz CT molecular complexity index is 621. The quantitative estimate of drug-likeness (QED) is 0.889. The van der Waals surface area contributed by atoms with Gasteiger partial charge in [0.25, 0.3) is 0 Å². The number of carboxylic acid groups (broad SMARTS) is 1. The van der Waals surface area contributed by atoms with Crippen LogP contribution in [0.25, 0.3) is 0 Å². The molecule has 0 aliphatic heterocycles. The summed E-state index contributed by atoms with van der Waals surface area (Å²) in [4.78, 5) is 25.9. The number of ether oxygens (including phenoxy) is 1. The van der Waals surface area contributed by atoms with Crippen LogP contribution in [-0.2, 0) is 11.3 Å². The molecule has 0 aliphatic carbocycles. The molecule has 7 heteroatoms. The van der Waals surface area contributed by atoms with Crippen molar-refractivity contribution in [3.05, 3.63) is 47.3 Å². The number of hydrogen-bond donors (Lipinski definition) is 2. The molecule has 1 aromatic heterocycles. The number of nitrogens with zero attached hydrogens (tertiary/aromatic N) is 1. The SMILES string of the molecule is Cc1oc(NC(=O)OCc2ccccc2)nc1C(=O)O. The van der Waals surface area contributed by atoms with Gasteiger partial charge in [-0.1, -0.05) is 30.3 Å². The van der Waals surface area contributed by atoms with E-state index in [1.54, 1.807) is 0 Å². The molecule has 104 valence electrons. The Hall–Kier alpha value is -2.83. The number of amides is 1. The van der Waals surface area contributed by atoms with Gasteiger partial charge in [-0.3, -0.25) is 0 Å². The van der Waals surface area contributed by atoms with E-state index in [2.05, 4.69) is 10.3 Å². The van der Waals surface area contributed by atoms with Crippen molar-refractivity contribution in [3.63, 3.8) is 0 Å². The Morgan fingerprint density at radius 1 is 1.35 bits per heavy atom. The Balaban J connectivity index is 1.92. The van der Waals surface area contributed by atoms with E-state index >= 15 is 0 Å². The molecule has 7 nitrogen and oxygen atoms in total. The predicted molar refractivity (Wildman–Crippen MR) is 68.4 cm³/mol. The van der Waals surface area contributed by atoms with Crippen molar-refractivity contribution >= 4 is 18.1 Å². The fourth-order valence-corrected chi connectivity index (χ4v) is 1.49. The van der Waals surface area contributed by atoms with Gasteiger partial charge in [0, 0.05) is 0 Å². The molecule has 2 rings (SSSR count). The summed E-state index contributed by atoms with van der Waals surface area (Å²) in [5.41, 5.74) is 0.584. The summed E-state index contributed by atoms with van der Waals surface area (Å²) in [5, 5.41) is 11.0. The van der Waals surface area contributed by atoms with Gasteiger partial charge in [-0.2, -0.15) is 4.98 Å². The summed E-state index contributed by atoms with van der Waals surface area (Å²) < 4.78 is 9.94. The minimum absolute atomic E-state index is 0.0954. The van der Waals surface area contributed by atoms with E-state index in [0.29, 0.717) is 0 Å². The van der Waals surface area contributed by atoms with Crippen LogP contribution in [0.2, 0.25) is 0 Å². The third-order valence-corrected chi connectivity index (χ3v) is 2.42. The molecule has 20 heavy (non-hydrogen) atoms. The highest BCUT2D eigenvalue weighted by atomic mass is 16.6. The van der Waals surface area contributed by atoms with Crippen LogP contribution in [0.3, 0.4) is 0 Å². The zero-order valence-electron chi connectivity index (χ0n) is 10.6. The van der Waals surface area contributed by atoms with Gasteiger partial charge in [0.2, 0.25) is 0 Å². The van der Waals surface area contributed by atoms with Gasteiger partial charge in [0.15, 0.2) is 5.69 Å². The van der Waals surface area contributed by atoms with Crippen LogP contribution >= 0.6 is 0 Å². The third kappa shape index (κ3) is 3.35. The molecule has 0 saturated heterocycles. The minimum Gasteiger partial charge on any atom is -0.476 e. The molecular formula is C13H12N2O5. The molecule has 0 bridgehead atoms. The summed E-state index contributed by atoms with van der Waals surface area (Å²) in [5.74, 6) is -1.12.